The summed E-state index contributed by atoms with van der Waals surface area (Å²) in [6, 6.07) is 32.9. The molecule has 2 aliphatic rings. The van der Waals surface area contributed by atoms with E-state index in [1.807, 2.05) is 53.1 Å². The third-order valence-corrected chi connectivity index (χ3v) is 9.79. The first-order valence-electron chi connectivity index (χ1n) is 16.3. The molecule has 0 amide bonds. The second-order valence-corrected chi connectivity index (χ2v) is 12.7. The Morgan fingerprint density at radius 2 is 1.59 bits per heavy atom. The Balaban J connectivity index is 1.10. The van der Waals surface area contributed by atoms with E-state index in [-0.39, 0.29) is 36.5 Å². The van der Waals surface area contributed by atoms with Crippen molar-refractivity contribution >= 4 is 11.0 Å². The summed E-state index contributed by atoms with van der Waals surface area (Å²) < 4.78 is 15.4. The topological polar surface area (TPSA) is 106 Å². The molecule has 0 radical (unpaired) electrons. The van der Waals surface area contributed by atoms with Gasteiger partial charge in [-0.3, -0.25) is 4.57 Å². The lowest BCUT2D eigenvalue weighted by atomic mass is 9.89. The van der Waals surface area contributed by atoms with Crippen molar-refractivity contribution in [2.75, 3.05) is 19.6 Å². The summed E-state index contributed by atoms with van der Waals surface area (Å²) in [6.45, 7) is 5.29. The zero-order valence-electron chi connectivity index (χ0n) is 26.2. The maximum Gasteiger partial charge on any atom is 0.326 e. The molecule has 238 valence electrons. The normalized spacial score (nSPS) is 22.8. The van der Waals surface area contributed by atoms with Gasteiger partial charge in [-0.15, -0.1) is 0 Å². The highest BCUT2D eigenvalue weighted by Gasteiger charge is 2.39. The minimum Gasteiger partial charge on any atom is -0.392 e. The van der Waals surface area contributed by atoms with E-state index >= 15 is 0 Å². The highest BCUT2D eigenvalue weighted by atomic mass is 16.7. The number of hydrogen-bond acceptors (Lipinski definition) is 6. The largest absolute Gasteiger partial charge is 0.392 e. The number of fused-ring (bicyclic) bond motifs is 1. The van der Waals surface area contributed by atoms with Crippen molar-refractivity contribution in [2.45, 2.75) is 57.5 Å². The Labute approximate surface area is 269 Å². The minimum atomic E-state index is -0.518. The molecular weight excluding hydrogens is 576 g/mol. The van der Waals surface area contributed by atoms with Crippen LogP contribution in [-0.2, 0) is 22.6 Å². The molecule has 4 N–H and O–H groups in total. The summed E-state index contributed by atoms with van der Waals surface area (Å²) in [5, 5.41) is 9.60. The van der Waals surface area contributed by atoms with Gasteiger partial charge in [0.2, 0.25) is 0 Å². The molecule has 4 atom stereocenters. The third-order valence-electron chi connectivity index (χ3n) is 9.79. The van der Waals surface area contributed by atoms with Crippen LogP contribution < -0.4 is 11.4 Å². The van der Waals surface area contributed by atoms with Crippen LogP contribution in [0.15, 0.2) is 102 Å². The molecule has 2 saturated heterocycles. The Morgan fingerprint density at radius 3 is 2.33 bits per heavy atom. The van der Waals surface area contributed by atoms with Crippen LogP contribution in [0.1, 0.15) is 60.5 Å². The number of aromatic amines is 1. The standard InChI is InChI=1S/C38H42N4O4/c1-25-35(23-41-19-17-32(18-20-41)42-34-8-3-2-7-33(34)40-38(42)44)45-37(46-36(25)29-11-9-26(24-43)10-12-29)30-15-13-28(14-16-30)31-6-4-5-27(21-31)22-39/h2-16,21,25,32,35-37,43H,17-20,22-24,39H2,1H3,(H,40,44)/t25-,35+,36+,37+/m1/s1. The number of imidazole rings is 1. The number of rotatable bonds is 8. The first-order valence-corrected chi connectivity index (χ1v) is 16.3. The maximum absolute atomic E-state index is 12.8. The molecule has 0 aliphatic carbocycles. The molecule has 5 aromatic rings. The van der Waals surface area contributed by atoms with Gasteiger partial charge in [0, 0.05) is 43.7 Å². The van der Waals surface area contributed by atoms with Gasteiger partial charge < -0.3 is 30.2 Å². The van der Waals surface area contributed by atoms with E-state index in [0.717, 1.165) is 76.9 Å². The lowest BCUT2D eigenvalue weighted by Gasteiger charge is -2.44. The maximum atomic E-state index is 12.8. The van der Waals surface area contributed by atoms with Crippen LogP contribution in [0.3, 0.4) is 0 Å². The lowest BCUT2D eigenvalue weighted by Crippen LogP contribution is -2.47. The van der Waals surface area contributed by atoms with E-state index in [2.05, 4.69) is 65.3 Å². The van der Waals surface area contributed by atoms with E-state index in [1.54, 1.807) is 0 Å². The highest BCUT2D eigenvalue weighted by Crippen LogP contribution is 2.42. The van der Waals surface area contributed by atoms with Gasteiger partial charge in [0.05, 0.1) is 29.8 Å². The van der Waals surface area contributed by atoms with Crippen molar-refractivity contribution in [1.82, 2.24) is 14.5 Å². The molecule has 3 heterocycles. The molecule has 0 unspecified atom stereocenters. The molecule has 2 aliphatic heterocycles. The molecule has 46 heavy (non-hydrogen) atoms. The molecule has 0 saturated carbocycles. The molecule has 4 aromatic carbocycles. The predicted octanol–water partition coefficient (Wildman–Crippen LogP) is 6.08. The van der Waals surface area contributed by atoms with Gasteiger partial charge in [0.25, 0.3) is 0 Å². The number of aromatic nitrogens is 2. The summed E-state index contributed by atoms with van der Waals surface area (Å²) in [5.74, 6) is 0.100. The minimum absolute atomic E-state index is 0.0108. The Morgan fingerprint density at radius 1 is 0.848 bits per heavy atom. The predicted molar refractivity (Wildman–Crippen MR) is 180 cm³/mol. The SMILES string of the molecule is C[C@@H]1[C@H](CN2CCC(n3c(=O)[nH]c4ccccc43)CC2)O[C@H](c2ccc(-c3cccc(CN)c3)cc2)O[C@@H]1c1ccc(CO)cc1. The van der Waals surface area contributed by atoms with Crippen molar-refractivity contribution in [3.63, 3.8) is 0 Å². The first-order chi connectivity index (χ1) is 22.5. The van der Waals surface area contributed by atoms with Gasteiger partial charge in [-0.05, 0) is 58.9 Å². The Kier molecular flexibility index (Phi) is 8.88. The number of H-pyrrole nitrogens is 1. The second kappa shape index (κ2) is 13.4. The summed E-state index contributed by atoms with van der Waals surface area (Å²) in [7, 11) is 0. The third kappa shape index (κ3) is 6.19. The lowest BCUT2D eigenvalue weighted by molar-refractivity contribution is -0.276. The number of aliphatic hydroxyl groups is 1. The summed E-state index contributed by atoms with van der Waals surface area (Å²) in [4.78, 5) is 18.3. The van der Waals surface area contributed by atoms with E-state index in [1.165, 1.54) is 0 Å². The molecule has 0 bridgehead atoms. The molecule has 8 nitrogen and oxygen atoms in total. The number of hydrogen-bond donors (Lipinski definition) is 3. The zero-order chi connectivity index (χ0) is 31.6. The first kappa shape index (κ1) is 30.6. The fourth-order valence-electron chi connectivity index (χ4n) is 7.09. The van der Waals surface area contributed by atoms with Crippen LogP contribution in [-0.4, -0.2) is 45.3 Å². The fraction of sp³-hybridized carbons (Fsp3) is 0.342. The average Bonchev–Trinajstić information content (AvgIpc) is 3.45. The van der Waals surface area contributed by atoms with Crippen molar-refractivity contribution in [3.05, 3.63) is 130 Å². The molecule has 1 aromatic heterocycles. The van der Waals surface area contributed by atoms with E-state index in [0.29, 0.717) is 6.54 Å². The highest BCUT2D eigenvalue weighted by molar-refractivity contribution is 5.75. The van der Waals surface area contributed by atoms with Crippen molar-refractivity contribution in [2.24, 2.45) is 11.7 Å². The molecule has 7 rings (SSSR count). The number of aliphatic hydroxyl groups excluding tert-OH is 1. The van der Waals surface area contributed by atoms with E-state index < -0.39 is 6.29 Å². The van der Waals surface area contributed by atoms with Crippen molar-refractivity contribution in [3.8, 4) is 11.1 Å². The van der Waals surface area contributed by atoms with Crippen LogP contribution in [0, 0.1) is 5.92 Å². The summed E-state index contributed by atoms with van der Waals surface area (Å²) in [5.41, 5.74) is 14.0. The van der Waals surface area contributed by atoms with Gasteiger partial charge in [-0.2, -0.15) is 0 Å². The quantitative estimate of drug-likeness (QED) is 0.195. The van der Waals surface area contributed by atoms with Crippen LogP contribution in [0.4, 0.5) is 0 Å². The van der Waals surface area contributed by atoms with Gasteiger partial charge >= 0.3 is 5.69 Å². The Bertz CT molecular complexity index is 1820. The van der Waals surface area contributed by atoms with Crippen LogP contribution in [0.25, 0.3) is 22.2 Å². The second-order valence-electron chi connectivity index (χ2n) is 12.7. The molecule has 8 heteroatoms. The molecule has 0 spiro atoms. The van der Waals surface area contributed by atoms with Gasteiger partial charge in [0.1, 0.15) is 0 Å². The van der Waals surface area contributed by atoms with Gasteiger partial charge in [0.15, 0.2) is 6.29 Å². The van der Waals surface area contributed by atoms with E-state index in [9.17, 15) is 9.90 Å². The number of nitrogens with one attached hydrogen (secondary N) is 1. The zero-order valence-corrected chi connectivity index (χ0v) is 26.2. The van der Waals surface area contributed by atoms with Crippen molar-refractivity contribution < 1.29 is 14.6 Å². The summed E-state index contributed by atoms with van der Waals surface area (Å²) in [6.07, 6.45) is 1.06. The van der Waals surface area contributed by atoms with Gasteiger partial charge in [-0.25, -0.2) is 4.79 Å². The van der Waals surface area contributed by atoms with Crippen LogP contribution >= 0.6 is 0 Å². The van der Waals surface area contributed by atoms with Crippen molar-refractivity contribution in [1.29, 1.82) is 0 Å². The van der Waals surface area contributed by atoms with Crippen LogP contribution in [0.5, 0.6) is 0 Å². The average molecular weight is 619 g/mol. The van der Waals surface area contributed by atoms with E-state index in [4.69, 9.17) is 15.2 Å². The van der Waals surface area contributed by atoms with Gasteiger partial charge in [-0.1, -0.05) is 85.8 Å². The smallest absolute Gasteiger partial charge is 0.326 e. The number of piperidine rings is 1. The monoisotopic (exact) mass is 618 g/mol. The molecule has 2 fully saturated rings. The molecular formula is C38H42N4O4. The Hall–Kier alpha value is -4.05. The number of ether oxygens (including phenoxy) is 2. The summed E-state index contributed by atoms with van der Waals surface area (Å²) >= 11 is 0. The number of nitrogens with two attached hydrogens (primary N) is 1. The number of benzene rings is 4. The fourth-order valence-corrected chi connectivity index (χ4v) is 7.09. The number of para-hydroxylation sites is 2. The van der Waals surface area contributed by atoms with Crippen LogP contribution in [0.2, 0.25) is 0 Å². The number of likely N-dealkylation sites (tertiary alicyclic amines) is 1. The number of nitrogens with zero attached hydrogens (tertiary/aromatic N) is 2.